The second-order valence-electron chi connectivity index (χ2n) is 3.84. The van der Waals surface area contributed by atoms with E-state index in [2.05, 4.69) is 16.0 Å². The quantitative estimate of drug-likeness (QED) is 0.676. The van der Waals surface area contributed by atoms with Gasteiger partial charge in [-0.15, -0.1) is 12.4 Å². The van der Waals surface area contributed by atoms with Gasteiger partial charge in [0.1, 0.15) is 0 Å². The molecule has 0 spiro atoms. The molecule has 6 nitrogen and oxygen atoms in total. The molecule has 1 aromatic carbocycles. The fourth-order valence-corrected chi connectivity index (χ4v) is 1.27. The monoisotopic (exact) mass is 286 g/mol. The lowest BCUT2D eigenvalue weighted by Gasteiger charge is -2.10. The topological polar surface area (TPSA) is 96.2 Å². The molecular formula is C12H19ClN4O2. The molecule has 7 heteroatoms. The summed E-state index contributed by atoms with van der Waals surface area (Å²) >= 11 is 0. The summed E-state index contributed by atoms with van der Waals surface area (Å²) in [5.74, 6) is -0.273. The summed E-state index contributed by atoms with van der Waals surface area (Å²) in [7, 11) is 0. The number of benzene rings is 1. The largest absolute Gasteiger partial charge is 0.338 e. The van der Waals surface area contributed by atoms with Crippen LogP contribution in [-0.4, -0.2) is 24.5 Å². The van der Waals surface area contributed by atoms with Crippen molar-refractivity contribution >= 4 is 35.7 Å². The van der Waals surface area contributed by atoms with Crippen LogP contribution in [-0.2, 0) is 4.79 Å². The summed E-state index contributed by atoms with van der Waals surface area (Å²) in [5.41, 5.74) is 6.64. The van der Waals surface area contributed by atoms with Crippen molar-refractivity contribution in [1.29, 1.82) is 0 Å². The average Bonchev–Trinajstić information content (AvgIpc) is 2.29. The van der Waals surface area contributed by atoms with Gasteiger partial charge in [-0.25, -0.2) is 4.79 Å². The highest BCUT2D eigenvalue weighted by Crippen LogP contribution is 2.15. The van der Waals surface area contributed by atoms with Crippen molar-refractivity contribution in [3.8, 4) is 0 Å². The second kappa shape index (κ2) is 8.34. The minimum absolute atomic E-state index is 0. The molecule has 0 fully saturated rings. The Kier molecular flexibility index (Phi) is 7.55. The van der Waals surface area contributed by atoms with Crippen LogP contribution in [0.15, 0.2) is 24.3 Å². The van der Waals surface area contributed by atoms with E-state index in [1.807, 2.05) is 6.92 Å². The van der Waals surface area contributed by atoms with E-state index >= 15 is 0 Å². The molecule has 0 aliphatic heterocycles. The lowest BCUT2D eigenvalue weighted by atomic mass is 10.2. The Labute approximate surface area is 118 Å². The molecule has 5 N–H and O–H groups in total. The van der Waals surface area contributed by atoms with Crippen molar-refractivity contribution in [3.05, 3.63) is 24.3 Å². The molecule has 0 bridgehead atoms. The second-order valence-corrected chi connectivity index (χ2v) is 3.84. The fourth-order valence-electron chi connectivity index (χ4n) is 1.27. The highest BCUT2D eigenvalue weighted by atomic mass is 35.5. The van der Waals surface area contributed by atoms with Crippen LogP contribution in [0, 0.1) is 0 Å². The summed E-state index contributed by atoms with van der Waals surface area (Å²) in [6.45, 7) is 3.98. The zero-order valence-corrected chi connectivity index (χ0v) is 11.7. The number of nitrogens with one attached hydrogen (secondary N) is 3. The first-order chi connectivity index (χ1) is 8.52. The van der Waals surface area contributed by atoms with Crippen molar-refractivity contribution in [3.63, 3.8) is 0 Å². The molecule has 0 saturated carbocycles. The maximum Gasteiger partial charge on any atom is 0.319 e. The van der Waals surface area contributed by atoms with Gasteiger partial charge in [-0.1, -0.05) is 6.07 Å². The van der Waals surface area contributed by atoms with Crippen LogP contribution in [0.4, 0.5) is 16.2 Å². The molecule has 0 aliphatic carbocycles. The summed E-state index contributed by atoms with van der Waals surface area (Å²) in [5, 5.41) is 7.92. The zero-order valence-electron chi connectivity index (χ0n) is 10.9. The van der Waals surface area contributed by atoms with Crippen LogP contribution >= 0.6 is 12.4 Å². The lowest BCUT2D eigenvalue weighted by molar-refractivity contribution is -0.117. The minimum atomic E-state index is -0.579. The number of carbonyl (C=O) groups is 2. The van der Waals surface area contributed by atoms with E-state index in [0.29, 0.717) is 17.9 Å². The smallest absolute Gasteiger partial charge is 0.319 e. The average molecular weight is 287 g/mol. The van der Waals surface area contributed by atoms with E-state index in [-0.39, 0.29) is 24.3 Å². The molecule has 0 saturated heterocycles. The first-order valence-corrected chi connectivity index (χ1v) is 5.74. The fraction of sp³-hybridized carbons (Fsp3) is 0.333. The zero-order chi connectivity index (χ0) is 13.5. The van der Waals surface area contributed by atoms with E-state index in [1.54, 1.807) is 31.2 Å². The standard InChI is InChI=1S/C12H18N4O2.ClH/c1-3-14-12(18)16-10-6-4-5-9(7-10)15-11(17)8(2)13;/h4-8H,3,13H2,1-2H3,(H,15,17)(H2,14,16,18);1H/t8-;/m1./s1. The summed E-state index contributed by atoms with van der Waals surface area (Å²) < 4.78 is 0. The molecule has 0 aromatic heterocycles. The van der Waals surface area contributed by atoms with E-state index in [0.717, 1.165) is 0 Å². The third-order valence-electron chi connectivity index (χ3n) is 2.14. The van der Waals surface area contributed by atoms with Gasteiger partial charge in [0.2, 0.25) is 5.91 Å². The number of urea groups is 1. The van der Waals surface area contributed by atoms with Gasteiger partial charge < -0.3 is 21.7 Å². The molecule has 1 atom stereocenters. The molecule has 1 aromatic rings. The molecule has 106 valence electrons. The summed E-state index contributed by atoms with van der Waals surface area (Å²) in [6.07, 6.45) is 0. The molecule has 3 amide bonds. The molecule has 0 heterocycles. The molecule has 0 aliphatic rings. The number of hydrogen-bond donors (Lipinski definition) is 4. The highest BCUT2D eigenvalue weighted by molar-refractivity contribution is 5.95. The first-order valence-electron chi connectivity index (χ1n) is 5.74. The van der Waals surface area contributed by atoms with Gasteiger partial charge in [-0.3, -0.25) is 4.79 Å². The minimum Gasteiger partial charge on any atom is -0.338 e. The number of nitrogens with two attached hydrogens (primary N) is 1. The Bertz CT molecular complexity index is 437. The number of rotatable bonds is 4. The maximum atomic E-state index is 11.4. The highest BCUT2D eigenvalue weighted by Gasteiger charge is 2.08. The SMILES string of the molecule is CCNC(=O)Nc1cccc(NC(=O)[C@@H](C)N)c1.Cl. The van der Waals surface area contributed by atoms with Gasteiger partial charge in [-0.2, -0.15) is 0 Å². The van der Waals surface area contributed by atoms with Crippen LogP contribution in [0.2, 0.25) is 0 Å². The number of hydrogen-bond acceptors (Lipinski definition) is 3. The molecular weight excluding hydrogens is 268 g/mol. The normalized spacial score (nSPS) is 10.9. The van der Waals surface area contributed by atoms with Crippen molar-refractivity contribution in [2.24, 2.45) is 5.73 Å². The molecule has 0 unspecified atom stereocenters. The Morgan fingerprint density at radius 1 is 1.26 bits per heavy atom. The molecule has 19 heavy (non-hydrogen) atoms. The number of carbonyl (C=O) groups excluding carboxylic acids is 2. The van der Waals surface area contributed by atoms with Crippen LogP contribution < -0.4 is 21.7 Å². The maximum absolute atomic E-state index is 11.4. The molecule has 0 radical (unpaired) electrons. The van der Waals surface area contributed by atoms with E-state index in [4.69, 9.17) is 5.73 Å². The van der Waals surface area contributed by atoms with Crippen molar-refractivity contribution in [1.82, 2.24) is 5.32 Å². The third-order valence-corrected chi connectivity index (χ3v) is 2.14. The van der Waals surface area contributed by atoms with Crippen molar-refractivity contribution in [2.45, 2.75) is 19.9 Å². The summed E-state index contributed by atoms with van der Waals surface area (Å²) in [6, 6.07) is 5.99. The first kappa shape index (κ1) is 17.2. The van der Waals surface area contributed by atoms with E-state index in [9.17, 15) is 9.59 Å². The van der Waals surface area contributed by atoms with Crippen molar-refractivity contribution in [2.75, 3.05) is 17.2 Å². The van der Waals surface area contributed by atoms with Gasteiger partial charge in [0.05, 0.1) is 6.04 Å². The van der Waals surface area contributed by atoms with Crippen LogP contribution in [0.1, 0.15) is 13.8 Å². The molecule has 1 rings (SSSR count). The van der Waals surface area contributed by atoms with Gasteiger partial charge in [-0.05, 0) is 32.0 Å². The Hall–Kier alpha value is -1.79. The van der Waals surface area contributed by atoms with Crippen molar-refractivity contribution < 1.29 is 9.59 Å². The van der Waals surface area contributed by atoms with Crippen LogP contribution in [0.3, 0.4) is 0 Å². The number of amides is 3. The number of anilines is 2. The third kappa shape index (κ3) is 6.08. The van der Waals surface area contributed by atoms with Gasteiger partial charge in [0.25, 0.3) is 0 Å². The number of halogens is 1. The Balaban J connectivity index is 0.00000324. The van der Waals surface area contributed by atoms with Gasteiger partial charge in [0, 0.05) is 17.9 Å². The lowest BCUT2D eigenvalue weighted by Crippen LogP contribution is -2.32. The van der Waals surface area contributed by atoms with E-state index < -0.39 is 6.04 Å². The predicted molar refractivity (Wildman–Crippen MR) is 78.7 cm³/mol. The van der Waals surface area contributed by atoms with Crippen LogP contribution in [0.25, 0.3) is 0 Å². The van der Waals surface area contributed by atoms with E-state index in [1.165, 1.54) is 0 Å². The summed E-state index contributed by atoms with van der Waals surface area (Å²) in [4.78, 5) is 22.7. The Morgan fingerprint density at radius 2 is 1.84 bits per heavy atom. The predicted octanol–water partition coefficient (Wildman–Crippen LogP) is 1.54. The Morgan fingerprint density at radius 3 is 2.37 bits per heavy atom. The van der Waals surface area contributed by atoms with Crippen LogP contribution in [0.5, 0.6) is 0 Å². The van der Waals surface area contributed by atoms with Gasteiger partial charge in [0.15, 0.2) is 0 Å². The van der Waals surface area contributed by atoms with Gasteiger partial charge >= 0.3 is 6.03 Å².